The summed E-state index contributed by atoms with van der Waals surface area (Å²) in [6.07, 6.45) is 1.13. The molecule has 0 aliphatic carbocycles. The lowest BCUT2D eigenvalue weighted by Gasteiger charge is -2.13. The molecule has 0 saturated heterocycles. The van der Waals surface area contributed by atoms with Crippen LogP contribution < -0.4 is 10.6 Å². The zero-order chi connectivity index (χ0) is 13.1. The van der Waals surface area contributed by atoms with Gasteiger partial charge in [-0.05, 0) is 18.3 Å². The minimum Gasteiger partial charge on any atom is -0.380 e. The van der Waals surface area contributed by atoms with Crippen molar-refractivity contribution in [2.24, 2.45) is 16.8 Å². The molecule has 102 valence electrons. The molecule has 0 unspecified atom stereocenters. The van der Waals surface area contributed by atoms with E-state index in [2.05, 4.69) is 43.3 Å². The van der Waals surface area contributed by atoms with Crippen molar-refractivity contribution in [2.75, 3.05) is 33.4 Å². The molecule has 0 aliphatic rings. The summed E-state index contributed by atoms with van der Waals surface area (Å²) in [5, 5.41) is 6.49. The summed E-state index contributed by atoms with van der Waals surface area (Å²) in [5.41, 5.74) is 0. The van der Waals surface area contributed by atoms with Gasteiger partial charge < -0.3 is 15.4 Å². The van der Waals surface area contributed by atoms with E-state index in [1.165, 1.54) is 0 Å². The highest BCUT2D eigenvalue weighted by Crippen LogP contribution is 1.98. The summed E-state index contributed by atoms with van der Waals surface area (Å²) in [5.74, 6) is 2.19. The predicted molar refractivity (Wildman–Crippen MR) is 74.5 cm³/mol. The molecule has 4 nitrogen and oxygen atoms in total. The van der Waals surface area contributed by atoms with Gasteiger partial charge in [-0.3, -0.25) is 4.99 Å². The van der Waals surface area contributed by atoms with Crippen molar-refractivity contribution in [3.63, 3.8) is 0 Å². The van der Waals surface area contributed by atoms with Crippen molar-refractivity contribution >= 4 is 5.96 Å². The van der Waals surface area contributed by atoms with E-state index < -0.39 is 0 Å². The molecule has 0 aliphatic heterocycles. The van der Waals surface area contributed by atoms with Crippen LogP contribution in [0.25, 0.3) is 0 Å². The molecule has 0 radical (unpaired) electrons. The first-order chi connectivity index (χ1) is 8.06. The zero-order valence-corrected chi connectivity index (χ0v) is 12.0. The third-order valence-corrected chi connectivity index (χ3v) is 2.28. The Morgan fingerprint density at radius 1 is 1.06 bits per heavy atom. The molecule has 17 heavy (non-hydrogen) atoms. The Hall–Kier alpha value is -0.770. The van der Waals surface area contributed by atoms with Crippen LogP contribution in [0, 0.1) is 11.8 Å². The molecule has 0 bridgehead atoms. The number of rotatable bonds is 8. The maximum Gasteiger partial charge on any atom is 0.191 e. The first-order valence-electron chi connectivity index (χ1n) is 6.58. The van der Waals surface area contributed by atoms with Crippen LogP contribution in [0.4, 0.5) is 0 Å². The second-order valence-corrected chi connectivity index (χ2v) is 5.07. The zero-order valence-electron chi connectivity index (χ0n) is 12.0. The monoisotopic (exact) mass is 243 g/mol. The van der Waals surface area contributed by atoms with Crippen molar-refractivity contribution in [3.8, 4) is 0 Å². The molecule has 4 heteroatoms. The van der Waals surface area contributed by atoms with E-state index in [9.17, 15) is 0 Å². The van der Waals surface area contributed by atoms with Gasteiger partial charge in [0.2, 0.25) is 0 Å². The highest BCUT2D eigenvalue weighted by Gasteiger charge is 1.98. The summed E-state index contributed by atoms with van der Waals surface area (Å²) >= 11 is 0. The second-order valence-electron chi connectivity index (χ2n) is 5.07. The van der Waals surface area contributed by atoms with Gasteiger partial charge in [-0.2, -0.15) is 0 Å². The third kappa shape index (κ3) is 11.5. The van der Waals surface area contributed by atoms with Crippen LogP contribution in [0.1, 0.15) is 34.1 Å². The second kappa shape index (κ2) is 10.4. The lowest BCUT2D eigenvalue weighted by atomic mass is 10.1. The van der Waals surface area contributed by atoms with Gasteiger partial charge in [0, 0.05) is 26.7 Å². The van der Waals surface area contributed by atoms with E-state index in [1.54, 1.807) is 7.05 Å². The number of hydrogen-bond donors (Lipinski definition) is 2. The molecule has 0 amide bonds. The smallest absolute Gasteiger partial charge is 0.191 e. The summed E-state index contributed by atoms with van der Waals surface area (Å²) < 4.78 is 5.52. The van der Waals surface area contributed by atoms with Crippen molar-refractivity contribution in [1.29, 1.82) is 0 Å². The molecule has 0 heterocycles. The van der Waals surface area contributed by atoms with Crippen molar-refractivity contribution in [3.05, 3.63) is 0 Å². The van der Waals surface area contributed by atoms with Gasteiger partial charge in [-0.15, -0.1) is 0 Å². The summed E-state index contributed by atoms with van der Waals surface area (Å²) in [6.45, 7) is 12.1. The Bertz CT molecular complexity index is 203. The van der Waals surface area contributed by atoms with Crippen LogP contribution in [-0.2, 0) is 4.74 Å². The summed E-state index contributed by atoms with van der Waals surface area (Å²) in [6, 6.07) is 0. The highest BCUT2D eigenvalue weighted by atomic mass is 16.5. The SMILES string of the molecule is CN=C(NCCOCCC(C)C)NCC(C)C. The van der Waals surface area contributed by atoms with Crippen LogP contribution in [-0.4, -0.2) is 39.3 Å². The lowest BCUT2D eigenvalue weighted by Crippen LogP contribution is -2.40. The Labute approximate surface area is 106 Å². The van der Waals surface area contributed by atoms with E-state index in [0.717, 1.165) is 38.7 Å². The van der Waals surface area contributed by atoms with E-state index in [-0.39, 0.29) is 0 Å². The van der Waals surface area contributed by atoms with Gasteiger partial charge in [-0.1, -0.05) is 27.7 Å². The first-order valence-corrected chi connectivity index (χ1v) is 6.58. The Kier molecular flexibility index (Phi) is 9.92. The molecule has 0 spiro atoms. The molecule has 0 saturated carbocycles. The normalized spacial score (nSPS) is 12.3. The molecule has 0 aromatic carbocycles. The topological polar surface area (TPSA) is 45.7 Å². The quantitative estimate of drug-likeness (QED) is 0.389. The number of aliphatic imine (C=N–C) groups is 1. The Morgan fingerprint density at radius 3 is 2.29 bits per heavy atom. The molecule has 0 atom stereocenters. The predicted octanol–water partition coefficient (Wildman–Crippen LogP) is 1.87. The fourth-order valence-electron chi connectivity index (χ4n) is 1.18. The van der Waals surface area contributed by atoms with E-state index in [0.29, 0.717) is 11.8 Å². The van der Waals surface area contributed by atoms with Crippen LogP contribution in [0.2, 0.25) is 0 Å². The van der Waals surface area contributed by atoms with Crippen LogP contribution in [0.5, 0.6) is 0 Å². The van der Waals surface area contributed by atoms with Crippen LogP contribution >= 0.6 is 0 Å². The number of nitrogens with one attached hydrogen (secondary N) is 2. The first kappa shape index (κ1) is 16.2. The fourth-order valence-corrected chi connectivity index (χ4v) is 1.18. The summed E-state index contributed by atoms with van der Waals surface area (Å²) in [4.78, 5) is 4.14. The van der Waals surface area contributed by atoms with Crippen molar-refractivity contribution in [1.82, 2.24) is 10.6 Å². The van der Waals surface area contributed by atoms with Gasteiger partial charge in [0.1, 0.15) is 0 Å². The maximum absolute atomic E-state index is 5.52. The Morgan fingerprint density at radius 2 is 1.76 bits per heavy atom. The number of nitrogens with zero attached hydrogens (tertiary/aromatic N) is 1. The standard InChI is InChI=1S/C13H29N3O/c1-11(2)6-8-17-9-7-15-13(14-5)16-10-12(3)4/h11-12H,6-10H2,1-5H3,(H2,14,15,16). The summed E-state index contributed by atoms with van der Waals surface area (Å²) in [7, 11) is 1.79. The minimum absolute atomic E-state index is 0.621. The molecular weight excluding hydrogens is 214 g/mol. The molecule has 0 fully saturated rings. The van der Waals surface area contributed by atoms with Crippen molar-refractivity contribution in [2.45, 2.75) is 34.1 Å². The average Bonchev–Trinajstić information content (AvgIpc) is 2.26. The van der Waals surface area contributed by atoms with Crippen molar-refractivity contribution < 1.29 is 4.74 Å². The van der Waals surface area contributed by atoms with Gasteiger partial charge in [0.25, 0.3) is 0 Å². The van der Waals surface area contributed by atoms with Gasteiger partial charge in [-0.25, -0.2) is 0 Å². The van der Waals surface area contributed by atoms with E-state index >= 15 is 0 Å². The maximum atomic E-state index is 5.52. The van der Waals surface area contributed by atoms with E-state index in [1.807, 2.05) is 0 Å². The Balaban J connectivity index is 3.44. The molecule has 0 aromatic heterocycles. The number of guanidine groups is 1. The van der Waals surface area contributed by atoms with Crippen LogP contribution in [0.3, 0.4) is 0 Å². The van der Waals surface area contributed by atoms with Gasteiger partial charge in [0.05, 0.1) is 6.61 Å². The number of hydrogen-bond acceptors (Lipinski definition) is 2. The van der Waals surface area contributed by atoms with Gasteiger partial charge >= 0.3 is 0 Å². The fraction of sp³-hybridized carbons (Fsp3) is 0.923. The lowest BCUT2D eigenvalue weighted by molar-refractivity contribution is 0.128. The molecular formula is C13H29N3O. The molecule has 0 aromatic rings. The number of ether oxygens (including phenoxy) is 1. The molecule has 0 rings (SSSR count). The van der Waals surface area contributed by atoms with Crippen LogP contribution in [0.15, 0.2) is 4.99 Å². The third-order valence-electron chi connectivity index (χ3n) is 2.28. The van der Waals surface area contributed by atoms with Gasteiger partial charge in [0.15, 0.2) is 5.96 Å². The van der Waals surface area contributed by atoms with E-state index in [4.69, 9.17) is 4.74 Å². The average molecular weight is 243 g/mol. The minimum atomic E-state index is 0.621. The highest BCUT2D eigenvalue weighted by molar-refractivity contribution is 5.79. The molecule has 2 N–H and O–H groups in total. The largest absolute Gasteiger partial charge is 0.380 e.